The fourth-order valence-corrected chi connectivity index (χ4v) is 3.58. The van der Waals surface area contributed by atoms with Gasteiger partial charge in [0.05, 0.1) is 17.6 Å². The van der Waals surface area contributed by atoms with Crippen molar-refractivity contribution in [1.29, 1.82) is 5.26 Å². The lowest BCUT2D eigenvalue weighted by molar-refractivity contribution is 0.0544. The number of piperidine rings is 1. The lowest BCUT2D eigenvalue weighted by atomic mass is 10.0. The zero-order valence-corrected chi connectivity index (χ0v) is 15.9. The monoisotopic (exact) mass is 353 g/mol. The van der Waals surface area contributed by atoms with Crippen molar-refractivity contribution in [3.63, 3.8) is 0 Å². The molecule has 1 saturated heterocycles. The molecule has 1 atom stereocenters. The average molecular weight is 353 g/mol. The second-order valence-electron chi connectivity index (χ2n) is 7.95. The Labute approximate surface area is 155 Å². The zero-order valence-electron chi connectivity index (χ0n) is 15.9. The molecule has 1 aliphatic rings. The maximum atomic E-state index is 12.6. The van der Waals surface area contributed by atoms with Gasteiger partial charge in [0.1, 0.15) is 5.60 Å². The Morgan fingerprint density at radius 1 is 1.31 bits per heavy atom. The Balaban J connectivity index is 1.83. The minimum absolute atomic E-state index is 0.0166. The van der Waals surface area contributed by atoms with Crippen molar-refractivity contribution < 1.29 is 9.53 Å². The van der Waals surface area contributed by atoms with Crippen LogP contribution < -0.4 is 0 Å². The van der Waals surface area contributed by atoms with Gasteiger partial charge in [-0.3, -0.25) is 9.47 Å². The highest BCUT2D eigenvalue weighted by molar-refractivity contribution is 5.92. The molecule has 0 spiro atoms. The van der Waals surface area contributed by atoms with Crippen molar-refractivity contribution in [2.45, 2.75) is 58.1 Å². The highest BCUT2D eigenvalue weighted by atomic mass is 16.6. The first-order valence-corrected chi connectivity index (χ1v) is 9.35. The Hall–Kier alpha value is -2.32. The van der Waals surface area contributed by atoms with E-state index in [0.29, 0.717) is 0 Å². The van der Waals surface area contributed by atoms with Crippen LogP contribution in [0, 0.1) is 11.3 Å². The highest BCUT2D eigenvalue weighted by Gasteiger charge is 2.23. The van der Waals surface area contributed by atoms with E-state index in [1.54, 1.807) is 4.57 Å². The molecule has 5 nitrogen and oxygen atoms in total. The Kier molecular flexibility index (Phi) is 5.33. The van der Waals surface area contributed by atoms with Crippen LogP contribution in [0.25, 0.3) is 10.9 Å². The van der Waals surface area contributed by atoms with Gasteiger partial charge in [0.25, 0.3) is 0 Å². The van der Waals surface area contributed by atoms with Crippen LogP contribution >= 0.6 is 0 Å². The number of carbonyl (C=O) groups excluding carboxylic acids is 1. The molecule has 5 heteroatoms. The van der Waals surface area contributed by atoms with Gasteiger partial charge in [0.15, 0.2) is 0 Å². The maximum Gasteiger partial charge on any atom is 0.419 e. The van der Waals surface area contributed by atoms with Crippen LogP contribution in [-0.4, -0.2) is 40.3 Å². The molecule has 1 aromatic heterocycles. The summed E-state index contributed by atoms with van der Waals surface area (Å²) in [5, 5.41) is 10.4. The summed E-state index contributed by atoms with van der Waals surface area (Å²) >= 11 is 0. The smallest absolute Gasteiger partial charge is 0.419 e. The minimum Gasteiger partial charge on any atom is -0.443 e. The minimum atomic E-state index is -0.531. The Bertz CT molecular complexity index is 826. The van der Waals surface area contributed by atoms with Crippen LogP contribution in [0.15, 0.2) is 30.5 Å². The zero-order chi connectivity index (χ0) is 18.7. The third-order valence-corrected chi connectivity index (χ3v) is 4.82. The molecule has 1 aromatic carbocycles. The number of carbonyl (C=O) groups is 1. The van der Waals surface area contributed by atoms with Gasteiger partial charge >= 0.3 is 6.09 Å². The second-order valence-corrected chi connectivity index (χ2v) is 7.95. The standard InChI is InChI=1S/C21H27N3O2/c1-21(2,3)26-20(25)24-15-16(18-9-4-5-10-19(18)24)11-13-23-12-7-6-8-17(23)14-22/h4-5,9-10,15,17H,6-8,11-13H2,1-3H3. The number of benzene rings is 1. The molecule has 0 amide bonds. The third-order valence-electron chi connectivity index (χ3n) is 4.82. The predicted octanol–water partition coefficient (Wildman–Crippen LogP) is 4.35. The van der Waals surface area contributed by atoms with Crippen LogP contribution in [0.5, 0.6) is 0 Å². The van der Waals surface area contributed by atoms with Gasteiger partial charge in [-0.05, 0) is 64.6 Å². The van der Waals surface area contributed by atoms with Crippen molar-refractivity contribution in [3.05, 3.63) is 36.0 Å². The van der Waals surface area contributed by atoms with Crippen molar-refractivity contribution in [1.82, 2.24) is 9.47 Å². The van der Waals surface area contributed by atoms with Gasteiger partial charge in [-0.1, -0.05) is 18.2 Å². The van der Waals surface area contributed by atoms with Crippen molar-refractivity contribution >= 4 is 17.0 Å². The summed E-state index contributed by atoms with van der Waals surface area (Å²) in [7, 11) is 0. The van der Waals surface area contributed by atoms with Crippen molar-refractivity contribution in [3.8, 4) is 6.07 Å². The number of nitriles is 1. The first kappa shape index (κ1) is 18.5. The fourth-order valence-electron chi connectivity index (χ4n) is 3.58. The number of hydrogen-bond acceptors (Lipinski definition) is 4. The predicted molar refractivity (Wildman–Crippen MR) is 102 cm³/mol. The number of fused-ring (bicyclic) bond motifs is 1. The lowest BCUT2D eigenvalue weighted by Gasteiger charge is -2.31. The fraction of sp³-hybridized carbons (Fsp3) is 0.524. The molecule has 0 bridgehead atoms. The van der Waals surface area contributed by atoms with E-state index >= 15 is 0 Å². The van der Waals surface area contributed by atoms with Gasteiger partial charge in [-0.15, -0.1) is 0 Å². The number of para-hydroxylation sites is 1. The molecule has 0 aliphatic carbocycles. The molecule has 138 valence electrons. The molecule has 0 saturated carbocycles. The summed E-state index contributed by atoms with van der Waals surface area (Å²) in [5.74, 6) is 0. The molecule has 26 heavy (non-hydrogen) atoms. The SMILES string of the molecule is CC(C)(C)OC(=O)n1cc(CCN2CCCCC2C#N)c2ccccc21. The van der Waals surface area contributed by atoms with E-state index < -0.39 is 5.60 Å². The van der Waals surface area contributed by atoms with Crippen LogP contribution in [0.4, 0.5) is 4.79 Å². The van der Waals surface area contributed by atoms with Crippen molar-refractivity contribution in [2.75, 3.05) is 13.1 Å². The summed E-state index contributed by atoms with van der Waals surface area (Å²) in [6, 6.07) is 10.4. The van der Waals surface area contributed by atoms with E-state index in [0.717, 1.165) is 55.2 Å². The van der Waals surface area contributed by atoms with E-state index in [1.807, 2.05) is 51.2 Å². The van der Waals surface area contributed by atoms with Crippen LogP contribution in [0.1, 0.15) is 45.6 Å². The molecule has 1 unspecified atom stereocenters. The van der Waals surface area contributed by atoms with Crippen LogP contribution in [-0.2, 0) is 11.2 Å². The summed E-state index contributed by atoms with van der Waals surface area (Å²) in [6.07, 6.45) is 5.59. The van der Waals surface area contributed by atoms with E-state index in [9.17, 15) is 10.1 Å². The summed E-state index contributed by atoms with van der Waals surface area (Å²) < 4.78 is 7.15. The van der Waals surface area contributed by atoms with E-state index in [2.05, 4.69) is 11.0 Å². The Morgan fingerprint density at radius 3 is 2.81 bits per heavy atom. The number of nitrogens with zero attached hydrogens (tertiary/aromatic N) is 3. The molecule has 2 heterocycles. The van der Waals surface area contributed by atoms with Gasteiger partial charge in [-0.25, -0.2) is 4.79 Å². The van der Waals surface area contributed by atoms with E-state index in [1.165, 1.54) is 0 Å². The highest BCUT2D eigenvalue weighted by Crippen LogP contribution is 2.24. The quantitative estimate of drug-likeness (QED) is 0.823. The number of rotatable bonds is 3. The van der Waals surface area contributed by atoms with Gasteiger partial charge in [0.2, 0.25) is 0 Å². The topological polar surface area (TPSA) is 58.3 Å². The first-order chi connectivity index (χ1) is 12.4. The molecule has 2 aromatic rings. The van der Waals surface area contributed by atoms with Crippen LogP contribution in [0.3, 0.4) is 0 Å². The molecule has 1 aliphatic heterocycles. The largest absolute Gasteiger partial charge is 0.443 e. The molecule has 1 fully saturated rings. The summed E-state index contributed by atoms with van der Waals surface area (Å²) in [5.41, 5.74) is 1.46. The van der Waals surface area contributed by atoms with Gasteiger partial charge in [-0.2, -0.15) is 5.26 Å². The van der Waals surface area contributed by atoms with Gasteiger partial charge in [0, 0.05) is 18.1 Å². The molecular formula is C21H27N3O2. The first-order valence-electron chi connectivity index (χ1n) is 9.35. The molecule has 3 rings (SSSR count). The number of likely N-dealkylation sites (tertiary alicyclic amines) is 1. The Morgan fingerprint density at radius 2 is 2.08 bits per heavy atom. The average Bonchev–Trinajstić information content (AvgIpc) is 2.98. The van der Waals surface area contributed by atoms with Gasteiger partial charge < -0.3 is 4.74 Å². The molecular weight excluding hydrogens is 326 g/mol. The summed E-state index contributed by atoms with van der Waals surface area (Å²) in [4.78, 5) is 14.8. The normalized spacial score (nSPS) is 18.6. The third kappa shape index (κ3) is 4.08. The molecule has 0 N–H and O–H groups in total. The van der Waals surface area contributed by atoms with Crippen molar-refractivity contribution in [2.24, 2.45) is 0 Å². The second kappa shape index (κ2) is 7.51. The summed E-state index contributed by atoms with van der Waals surface area (Å²) in [6.45, 7) is 7.42. The number of hydrogen-bond donors (Lipinski definition) is 0. The number of ether oxygens (including phenoxy) is 1. The lowest BCUT2D eigenvalue weighted by Crippen LogP contribution is -2.39. The molecule has 0 radical (unpaired) electrons. The van der Waals surface area contributed by atoms with E-state index in [4.69, 9.17) is 4.74 Å². The maximum absolute atomic E-state index is 12.6. The van der Waals surface area contributed by atoms with Crippen LogP contribution in [0.2, 0.25) is 0 Å². The number of aromatic nitrogens is 1. The van der Waals surface area contributed by atoms with E-state index in [-0.39, 0.29) is 12.1 Å².